The van der Waals surface area contributed by atoms with Gasteiger partial charge in [0, 0.05) is 49.1 Å². The third-order valence-corrected chi connectivity index (χ3v) is 7.04. The monoisotopic (exact) mass is 428 g/mol. The van der Waals surface area contributed by atoms with Crippen LogP contribution in [0.2, 0.25) is 0 Å². The lowest BCUT2D eigenvalue weighted by Crippen LogP contribution is -2.48. The smallest absolute Gasteiger partial charge is 0.227 e. The van der Waals surface area contributed by atoms with E-state index in [1.165, 1.54) is 4.88 Å². The molecule has 1 unspecified atom stereocenters. The Hall–Kier alpha value is -2.61. The minimum absolute atomic E-state index is 0.0353. The Bertz CT molecular complexity index is 904. The lowest BCUT2D eigenvalue weighted by Gasteiger charge is -2.34. The average molecular weight is 429 g/mol. The second-order valence-electron chi connectivity index (χ2n) is 7.75. The highest BCUT2D eigenvalue weighted by Crippen LogP contribution is 2.35. The third kappa shape index (κ3) is 4.43. The first-order valence-corrected chi connectivity index (χ1v) is 11.3. The molecular formula is C22H28N4O3S. The van der Waals surface area contributed by atoms with Gasteiger partial charge in [-0.2, -0.15) is 0 Å². The number of benzene rings is 1. The first-order valence-electron chi connectivity index (χ1n) is 10.5. The molecule has 1 aromatic heterocycles. The van der Waals surface area contributed by atoms with Gasteiger partial charge in [-0.3, -0.25) is 9.59 Å². The molecule has 0 bridgehead atoms. The summed E-state index contributed by atoms with van der Waals surface area (Å²) in [4.78, 5) is 34.9. The third-order valence-electron chi connectivity index (χ3n) is 5.86. The number of fused-ring (bicyclic) bond motifs is 1. The van der Waals surface area contributed by atoms with Gasteiger partial charge in [-0.15, -0.1) is 11.3 Å². The van der Waals surface area contributed by atoms with E-state index in [-0.39, 0.29) is 17.7 Å². The zero-order valence-corrected chi connectivity index (χ0v) is 18.3. The van der Waals surface area contributed by atoms with Gasteiger partial charge < -0.3 is 19.9 Å². The number of anilines is 2. The second kappa shape index (κ2) is 9.04. The van der Waals surface area contributed by atoms with E-state index >= 15 is 0 Å². The van der Waals surface area contributed by atoms with E-state index in [2.05, 4.69) is 10.2 Å². The van der Waals surface area contributed by atoms with Gasteiger partial charge in [0.1, 0.15) is 5.75 Å². The van der Waals surface area contributed by atoms with Crippen LogP contribution >= 0.6 is 11.3 Å². The van der Waals surface area contributed by atoms with Crippen molar-refractivity contribution >= 4 is 34.0 Å². The number of hydrogen-bond acceptors (Lipinski definition) is 6. The summed E-state index contributed by atoms with van der Waals surface area (Å²) >= 11 is 1.70. The van der Waals surface area contributed by atoms with Crippen LogP contribution in [0, 0.1) is 5.92 Å². The van der Waals surface area contributed by atoms with E-state index in [1.54, 1.807) is 18.4 Å². The van der Waals surface area contributed by atoms with Crippen LogP contribution in [0.1, 0.15) is 30.3 Å². The molecule has 2 heterocycles. The predicted molar refractivity (Wildman–Crippen MR) is 118 cm³/mol. The van der Waals surface area contributed by atoms with E-state index < -0.39 is 0 Å². The molecule has 2 amide bonds. The number of aromatic nitrogens is 1. The molecule has 1 aliphatic carbocycles. The summed E-state index contributed by atoms with van der Waals surface area (Å²) in [6.07, 6.45) is 2.95. The molecule has 1 atom stereocenters. The molecule has 30 heavy (non-hydrogen) atoms. The fraction of sp³-hybridized carbons (Fsp3) is 0.500. The van der Waals surface area contributed by atoms with Crippen LogP contribution in [-0.2, 0) is 22.4 Å². The van der Waals surface area contributed by atoms with E-state index in [0.29, 0.717) is 6.42 Å². The molecule has 2 aliphatic rings. The lowest BCUT2D eigenvalue weighted by atomic mass is 9.90. The molecule has 1 N–H and O–H groups in total. The highest BCUT2D eigenvalue weighted by Gasteiger charge is 2.29. The SMILES string of the molecule is CCC(=O)N1CCN(c2nc3c(s2)CC(C(=O)Nc2ccc(OC)cc2)CC3)CC1. The van der Waals surface area contributed by atoms with Crippen molar-refractivity contribution in [2.24, 2.45) is 5.92 Å². The predicted octanol–water partition coefficient (Wildman–Crippen LogP) is 2.95. The first kappa shape index (κ1) is 20.7. The number of nitrogens with zero attached hydrogens (tertiary/aromatic N) is 3. The highest BCUT2D eigenvalue weighted by atomic mass is 32.1. The van der Waals surface area contributed by atoms with Crippen molar-refractivity contribution in [2.45, 2.75) is 32.6 Å². The minimum atomic E-state index is -0.0353. The summed E-state index contributed by atoms with van der Waals surface area (Å²) in [5.41, 5.74) is 1.92. The summed E-state index contributed by atoms with van der Waals surface area (Å²) in [5.74, 6) is 1.02. The number of hydrogen-bond donors (Lipinski definition) is 1. The van der Waals surface area contributed by atoms with Gasteiger partial charge in [-0.25, -0.2) is 4.98 Å². The molecule has 1 aromatic carbocycles. The topological polar surface area (TPSA) is 74.8 Å². The number of piperazine rings is 1. The van der Waals surface area contributed by atoms with Crippen molar-refractivity contribution < 1.29 is 14.3 Å². The number of ether oxygens (including phenoxy) is 1. The van der Waals surface area contributed by atoms with Gasteiger partial charge in [0.05, 0.1) is 12.8 Å². The zero-order valence-electron chi connectivity index (χ0n) is 17.5. The van der Waals surface area contributed by atoms with E-state index in [9.17, 15) is 9.59 Å². The fourth-order valence-electron chi connectivity index (χ4n) is 4.01. The quantitative estimate of drug-likeness (QED) is 0.793. The number of carbonyl (C=O) groups is 2. The molecule has 1 saturated heterocycles. The highest BCUT2D eigenvalue weighted by molar-refractivity contribution is 7.15. The maximum atomic E-state index is 12.8. The molecule has 1 fully saturated rings. The first-order chi connectivity index (χ1) is 14.6. The van der Waals surface area contributed by atoms with Gasteiger partial charge in [-0.1, -0.05) is 6.92 Å². The number of aryl methyl sites for hydroxylation is 1. The number of amides is 2. The molecule has 7 nitrogen and oxygen atoms in total. The molecule has 1 aliphatic heterocycles. The molecular weight excluding hydrogens is 400 g/mol. The van der Waals surface area contributed by atoms with Crippen molar-refractivity contribution in [3.8, 4) is 5.75 Å². The number of nitrogens with one attached hydrogen (secondary N) is 1. The molecule has 2 aromatic rings. The van der Waals surface area contributed by atoms with Crippen LogP contribution in [0.4, 0.5) is 10.8 Å². The number of carbonyl (C=O) groups excluding carboxylic acids is 2. The van der Waals surface area contributed by atoms with Crippen LogP contribution in [0.5, 0.6) is 5.75 Å². The Morgan fingerprint density at radius 1 is 1.20 bits per heavy atom. The van der Waals surface area contributed by atoms with Crippen molar-refractivity contribution in [2.75, 3.05) is 43.5 Å². The van der Waals surface area contributed by atoms with Crippen LogP contribution < -0.4 is 15.0 Å². The standard InChI is InChI=1S/C22H28N4O3S/c1-3-20(27)25-10-12-26(13-11-25)22-24-18-9-4-15(14-19(18)30-22)21(28)23-16-5-7-17(29-2)8-6-16/h5-8,15H,3-4,9-14H2,1-2H3,(H,23,28). The number of rotatable bonds is 5. The summed E-state index contributed by atoms with van der Waals surface area (Å²) in [7, 11) is 1.63. The number of thiazole rings is 1. The van der Waals surface area contributed by atoms with Crippen LogP contribution in [0.3, 0.4) is 0 Å². The Kier molecular flexibility index (Phi) is 6.22. The molecule has 0 spiro atoms. The van der Waals surface area contributed by atoms with E-state index in [4.69, 9.17) is 9.72 Å². The van der Waals surface area contributed by atoms with Crippen molar-refractivity contribution in [3.05, 3.63) is 34.8 Å². The summed E-state index contributed by atoms with van der Waals surface area (Å²) in [6.45, 7) is 5.05. The zero-order chi connectivity index (χ0) is 21.1. The number of methoxy groups -OCH3 is 1. The van der Waals surface area contributed by atoms with Crippen molar-refractivity contribution in [3.63, 3.8) is 0 Å². The summed E-state index contributed by atoms with van der Waals surface area (Å²) in [6, 6.07) is 7.41. The van der Waals surface area contributed by atoms with Gasteiger partial charge in [-0.05, 0) is 43.5 Å². The van der Waals surface area contributed by atoms with Gasteiger partial charge in [0.2, 0.25) is 11.8 Å². The Balaban J connectivity index is 1.36. The Labute approximate surface area is 181 Å². The fourth-order valence-corrected chi connectivity index (χ4v) is 5.25. The van der Waals surface area contributed by atoms with E-state index in [0.717, 1.165) is 67.7 Å². The molecule has 8 heteroatoms. The van der Waals surface area contributed by atoms with E-state index in [1.807, 2.05) is 36.1 Å². The average Bonchev–Trinajstić information content (AvgIpc) is 3.22. The molecule has 0 radical (unpaired) electrons. The van der Waals surface area contributed by atoms with Crippen LogP contribution in [0.15, 0.2) is 24.3 Å². The Morgan fingerprint density at radius 3 is 2.60 bits per heavy atom. The van der Waals surface area contributed by atoms with Crippen LogP contribution in [-0.4, -0.2) is 55.0 Å². The second-order valence-corrected chi connectivity index (χ2v) is 8.81. The maximum Gasteiger partial charge on any atom is 0.227 e. The lowest BCUT2D eigenvalue weighted by molar-refractivity contribution is -0.131. The van der Waals surface area contributed by atoms with Crippen molar-refractivity contribution in [1.82, 2.24) is 9.88 Å². The maximum absolute atomic E-state index is 12.8. The minimum Gasteiger partial charge on any atom is -0.497 e. The largest absolute Gasteiger partial charge is 0.497 e. The normalized spacial score (nSPS) is 18.7. The van der Waals surface area contributed by atoms with Crippen LogP contribution in [0.25, 0.3) is 0 Å². The molecule has 0 saturated carbocycles. The summed E-state index contributed by atoms with van der Waals surface area (Å²) < 4.78 is 5.16. The molecule has 4 rings (SSSR count). The molecule has 160 valence electrons. The summed E-state index contributed by atoms with van der Waals surface area (Å²) in [5, 5.41) is 4.05. The van der Waals surface area contributed by atoms with Crippen molar-refractivity contribution in [1.29, 1.82) is 0 Å². The van der Waals surface area contributed by atoms with Gasteiger partial charge >= 0.3 is 0 Å². The Morgan fingerprint density at radius 2 is 1.93 bits per heavy atom. The van der Waals surface area contributed by atoms with Gasteiger partial charge in [0.15, 0.2) is 5.13 Å². The van der Waals surface area contributed by atoms with Gasteiger partial charge in [0.25, 0.3) is 0 Å².